The smallest absolute Gasteiger partial charge is 0.435 e. The highest BCUT2D eigenvalue weighted by atomic mass is 28.4. The summed E-state index contributed by atoms with van der Waals surface area (Å²) in [7, 11) is -1.96. The maximum absolute atomic E-state index is 12.5. The summed E-state index contributed by atoms with van der Waals surface area (Å²) in [4.78, 5) is 24.4. The van der Waals surface area contributed by atoms with Crippen LogP contribution in [0.4, 0.5) is 4.79 Å². The first-order chi connectivity index (χ1) is 12.2. The zero-order chi connectivity index (χ0) is 21.0. The lowest BCUT2D eigenvalue weighted by Crippen LogP contribution is -2.40. The molecule has 0 bridgehead atoms. The third kappa shape index (κ3) is 7.10. The second kappa shape index (κ2) is 8.56. The minimum Gasteiger partial charge on any atom is -0.466 e. The van der Waals surface area contributed by atoms with E-state index in [1.807, 2.05) is 0 Å². The van der Waals surface area contributed by atoms with Gasteiger partial charge < -0.3 is 13.9 Å². The molecule has 0 atom stereocenters. The summed E-state index contributed by atoms with van der Waals surface area (Å²) < 4.78 is 17.7. The summed E-state index contributed by atoms with van der Waals surface area (Å²) in [5, 5.41) is 4.39. The summed E-state index contributed by atoms with van der Waals surface area (Å²) in [6.45, 7) is 18.4. The zero-order valence-corrected chi connectivity index (χ0v) is 19.1. The molecule has 0 aliphatic heterocycles. The van der Waals surface area contributed by atoms with Gasteiger partial charge in [0.15, 0.2) is 8.32 Å². The fourth-order valence-corrected chi connectivity index (χ4v) is 2.91. The summed E-state index contributed by atoms with van der Waals surface area (Å²) in [5.74, 6) is -0.418. The second-order valence-electron chi connectivity index (χ2n) is 9.05. The lowest BCUT2D eigenvalue weighted by molar-refractivity contribution is -0.142. The van der Waals surface area contributed by atoms with Gasteiger partial charge in [-0.25, -0.2) is 4.79 Å². The summed E-state index contributed by atoms with van der Waals surface area (Å²) >= 11 is 0. The molecule has 0 saturated heterocycles. The number of carbonyl (C=O) groups is 2. The number of hydrogen-bond donors (Lipinski definition) is 0. The van der Waals surface area contributed by atoms with E-state index in [-0.39, 0.29) is 24.7 Å². The summed E-state index contributed by atoms with van der Waals surface area (Å²) in [6, 6.07) is 1.70. The molecule has 0 aliphatic rings. The predicted molar refractivity (Wildman–Crippen MR) is 106 cm³/mol. The van der Waals surface area contributed by atoms with E-state index in [1.165, 1.54) is 0 Å². The van der Waals surface area contributed by atoms with Crippen LogP contribution in [0, 0.1) is 0 Å². The summed E-state index contributed by atoms with van der Waals surface area (Å²) in [6.07, 6.45) is -0.680. The van der Waals surface area contributed by atoms with E-state index >= 15 is 0 Å². The standard InChI is InChI=1S/C19H34N2O5Si/c1-10-24-16(22)12-15-11-14(13-25-27(8,9)19(5,6)7)20-21(15)17(23)26-18(2,3)4/h11H,10,12-13H2,1-9H3. The maximum Gasteiger partial charge on any atom is 0.435 e. The van der Waals surface area contributed by atoms with Crippen LogP contribution in [0.1, 0.15) is 59.9 Å². The molecule has 0 N–H and O–H groups in total. The fraction of sp³-hybridized carbons (Fsp3) is 0.737. The molecule has 0 amide bonds. The molecule has 0 aliphatic carbocycles. The zero-order valence-electron chi connectivity index (χ0n) is 18.1. The number of esters is 1. The molecule has 1 aromatic rings. The summed E-state index contributed by atoms with van der Waals surface area (Å²) in [5.41, 5.74) is 0.351. The Labute approximate surface area is 163 Å². The molecule has 1 rings (SSSR count). The van der Waals surface area contributed by atoms with Crippen molar-refractivity contribution in [3.63, 3.8) is 0 Å². The highest BCUT2D eigenvalue weighted by Gasteiger charge is 2.37. The Hall–Kier alpha value is -1.67. The van der Waals surface area contributed by atoms with Gasteiger partial charge in [0.25, 0.3) is 0 Å². The van der Waals surface area contributed by atoms with Crippen LogP contribution in [-0.2, 0) is 31.7 Å². The number of nitrogens with zero attached hydrogens (tertiary/aromatic N) is 2. The molecular weight excluding hydrogens is 364 g/mol. The number of hydrogen-bond acceptors (Lipinski definition) is 6. The van der Waals surface area contributed by atoms with Gasteiger partial charge in [-0.3, -0.25) is 4.79 Å². The van der Waals surface area contributed by atoms with Crippen molar-refractivity contribution in [2.45, 2.75) is 85.2 Å². The minimum absolute atomic E-state index is 0.0554. The van der Waals surface area contributed by atoms with E-state index in [0.717, 1.165) is 4.68 Å². The fourth-order valence-electron chi connectivity index (χ4n) is 1.97. The molecule has 0 spiro atoms. The molecule has 8 heteroatoms. The van der Waals surface area contributed by atoms with E-state index in [4.69, 9.17) is 13.9 Å². The van der Waals surface area contributed by atoms with Crippen molar-refractivity contribution in [1.29, 1.82) is 0 Å². The van der Waals surface area contributed by atoms with Gasteiger partial charge in [0.1, 0.15) is 5.60 Å². The van der Waals surface area contributed by atoms with Crippen molar-refractivity contribution >= 4 is 20.4 Å². The van der Waals surface area contributed by atoms with Gasteiger partial charge in [-0.2, -0.15) is 9.78 Å². The molecule has 0 radical (unpaired) electrons. The van der Waals surface area contributed by atoms with Gasteiger partial charge in [-0.15, -0.1) is 0 Å². The number of aromatic nitrogens is 2. The first-order valence-electron chi connectivity index (χ1n) is 9.27. The molecule has 7 nitrogen and oxygen atoms in total. The Morgan fingerprint density at radius 2 is 1.74 bits per heavy atom. The van der Waals surface area contributed by atoms with Gasteiger partial charge in [-0.05, 0) is 51.9 Å². The number of ether oxygens (including phenoxy) is 2. The molecule has 0 fully saturated rings. The van der Waals surface area contributed by atoms with Crippen LogP contribution in [0.15, 0.2) is 6.07 Å². The number of carbonyl (C=O) groups excluding carboxylic acids is 2. The third-order valence-corrected chi connectivity index (χ3v) is 8.90. The Kier molecular flexibility index (Phi) is 7.41. The minimum atomic E-state index is -1.96. The van der Waals surface area contributed by atoms with Crippen molar-refractivity contribution in [3.05, 3.63) is 17.5 Å². The first-order valence-corrected chi connectivity index (χ1v) is 12.2. The highest BCUT2D eigenvalue weighted by Crippen LogP contribution is 2.37. The average Bonchev–Trinajstić information content (AvgIpc) is 2.85. The van der Waals surface area contributed by atoms with Gasteiger partial charge in [0, 0.05) is 0 Å². The van der Waals surface area contributed by atoms with Crippen LogP contribution in [0.2, 0.25) is 18.1 Å². The molecule has 27 heavy (non-hydrogen) atoms. The molecule has 0 unspecified atom stereocenters. The molecule has 1 heterocycles. The van der Waals surface area contributed by atoms with Crippen molar-refractivity contribution in [2.24, 2.45) is 0 Å². The second-order valence-corrected chi connectivity index (χ2v) is 13.9. The van der Waals surface area contributed by atoms with Crippen molar-refractivity contribution in [1.82, 2.24) is 9.78 Å². The van der Waals surface area contributed by atoms with E-state index in [2.05, 4.69) is 39.0 Å². The van der Waals surface area contributed by atoms with E-state index in [1.54, 1.807) is 33.8 Å². The van der Waals surface area contributed by atoms with E-state index in [0.29, 0.717) is 11.4 Å². The van der Waals surface area contributed by atoms with E-state index in [9.17, 15) is 9.59 Å². The topological polar surface area (TPSA) is 79.7 Å². The van der Waals surface area contributed by atoms with Crippen LogP contribution in [0.5, 0.6) is 0 Å². The highest BCUT2D eigenvalue weighted by molar-refractivity contribution is 6.74. The lowest BCUT2D eigenvalue weighted by atomic mass is 10.2. The largest absolute Gasteiger partial charge is 0.466 e. The van der Waals surface area contributed by atoms with Crippen LogP contribution in [-0.4, -0.2) is 42.4 Å². The SMILES string of the molecule is CCOC(=O)Cc1cc(CO[Si](C)(C)C(C)(C)C)nn1C(=O)OC(C)(C)C. The van der Waals surface area contributed by atoms with Crippen LogP contribution >= 0.6 is 0 Å². The normalized spacial score (nSPS) is 12.8. The number of rotatable bonds is 6. The van der Waals surface area contributed by atoms with Crippen molar-refractivity contribution in [3.8, 4) is 0 Å². The molecule has 1 aromatic heterocycles. The molecule has 0 saturated carbocycles. The quantitative estimate of drug-likeness (QED) is 0.525. The first kappa shape index (κ1) is 23.4. The Bertz CT molecular complexity index is 669. The monoisotopic (exact) mass is 398 g/mol. The Morgan fingerprint density at radius 3 is 2.22 bits per heavy atom. The van der Waals surface area contributed by atoms with Crippen LogP contribution in [0.3, 0.4) is 0 Å². The predicted octanol–water partition coefficient (Wildman–Crippen LogP) is 4.29. The third-order valence-electron chi connectivity index (χ3n) is 4.42. The maximum atomic E-state index is 12.5. The average molecular weight is 399 g/mol. The lowest BCUT2D eigenvalue weighted by Gasteiger charge is -2.35. The van der Waals surface area contributed by atoms with Crippen LogP contribution in [0.25, 0.3) is 0 Å². The van der Waals surface area contributed by atoms with Crippen LogP contribution < -0.4 is 0 Å². The van der Waals surface area contributed by atoms with Gasteiger partial charge in [0.05, 0.1) is 31.0 Å². The van der Waals surface area contributed by atoms with E-state index < -0.39 is 26.0 Å². The van der Waals surface area contributed by atoms with Crippen molar-refractivity contribution < 1.29 is 23.5 Å². The van der Waals surface area contributed by atoms with Gasteiger partial charge in [0.2, 0.25) is 0 Å². The molecular formula is C19H34N2O5Si. The Morgan fingerprint density at radius 1 is 1.15 bits per heavy atom. The van der Waals surface area contributed by atoms with Crippen molar-refractivity contribution in [2.75, 3.05) is 6.61 Å². The molecule has 154 valence electrons. The van der Waals surface area contributed by atoms with Gasteiger partial charge >= 0.3 is 12.1 Å². The van der Waals surface area contributed by atoms with Gasteiger partial charge in [-0.1, -0.05) is 20.8 Å². The molecule has 0 aromatic carbocycles. The Balaban J connectivity index is 3.06.